The Morgan fingerprint density at radius 2 is 2.06 bits per heavy atom. The highest BCUT2D eigenvalue weighted by Gasteiger charge is 2.19. The fourth-order valence-corrected chi connectivity index (χ4v) is 2.11. The van der Waals surface area contributed by atoms with Crippen molar-refractivity contribution in [1.29, 1.82) is 0 Å². The van der Waals surface area contributed by atoms with Crippen LogP contribution in [0.3, 0.4) is 0 Å². The van der Waals surface area contributed by atoms with Crippen molar-refractivity contribution < 1.29 is 4.39 Å². The van der Waals surface area contributed by atoms with Crippen LogP contribution in [-0.4, -0.2) is 13.1 Å². The van der Waals surface area contributed by atoms with Gasteiger partial charge in [0.15, 0.2) is 0 Å². The van der Waals surface area contributed by atoms with Crippen molar-refractivity contribution in [3.05, 3.63) is 34.6 Å². The molecule has 17 heavy (non-hydrogen) atoms. The molecule has 0 atom stereocenters. The average molecular weight is 258 g/mol. The SMILES string of the molecule is CCNCCC(C)(C)Cc1ccc(F)cc1Cl. The zero-order chi connectivity index (χ0) is 12.9. The molecule has 0 bridgehead atoms. The second-order valence-electron chi connectivity index (χ2n) is 5.18. The van der Waals surface area contributed by atoms with Gasteiger partial charge in [-0.1, -0.05) is 38.4 Å². The average Bonchev–Trinajstić information content (AvgIpc) is 2.22. The molecular formula is C14H21ClFN. The van der Waals surface area contributed by atoms with Gasteiger partial charge in [-0.2, -0.15) is 0 Å². The minimum atomic E-state index is -0.274. The zero-order valence-corrected chi connectivity index (χ0v) is 11.6. The van der Waals surface area contributed by atoms with Gasteiger partial charge >= 0.3 is 0 Å². The summed E-state index contributed by atoms with van der Waals surface area (Å²) in [5.41, 5.74) is 1.19. The lowest BCUT2D eigenvalue weighted by Crippen LogP contribution is -2.24. The lowest BCUT2D eigenvalue weighted by Gasteiger charge is -2.25. The van der Waals surface area contributed by atoms with E-state index >= 15 is 0 Å². The topological polar surface area (TPSA) is 12.0 Å². The van der Waals surface area contributed by atoms with E-state index in [2.05, 4.69) is 26.1 Å². The normalized spacial score (nSPS) is 11.8. The summed E-state index contributed by atoms with van der Waals surface area (Å²) in [6.07, 6.45) is 1.95. The molecule has 0 aliphatic carbocycles. The molecule has 96 valence electrons. The molecule has 1 N–H and O–H groups in total. The molecule has 1 aromatic carbocycles. The molecule has 1 aromatic rings. The van der Waals surface area contributed by atoms with Gasteiger partial charge in [0, 0.05) is 5.02 Å². The molecule has 0 amide bonds. The summed E-state index contributed by atoms with van der Waals surface area (Å²) in [5, 5.41) is 3.85. The Hall–Kier alpha value is -0.600. The first-order valence-corrected chi connectivity index (χ1v) is 6.47. The van der Waals surface area contributed by atoms with Crippen LogP contribution in [0.25, 0.3) is 0 Å². The number of hydrogen-bond acceptors (Lipinski definition) is 1. The summed E-state index contributed by atoms with van der Waals surface area (Å²) in [6.45, 7) is 8.52. The van der Waals surface area contributed by atoms with E-state index in [1.807, 2.05) is 0 Å². The Bertz CT molecular complexity index is 363. The lowest BCUT2D eigenvalue weighted by atomic mass is 9.82. The first-order chi connectivity index (χ1) is 7.94. The van der Waals surface area contributed by atoms with Gasteiger partial charge in [0.05, 0.1) is 0 Å². The molecule has 0 heterocycles. The van der Waals surface area contributed by atoms with E-state index in [-0.39, 0.29) is 11.2 Å². The summed E-state index contributed by atoms with van der Waals surface area (Å²) < 4.78 is 12.9. The predicted molar refractivity (Wildman–Crippen MR) is 72.1 cm³/mol. The maximum atomic E-state index is 12.9. The fourth-order valence-electron chi connectivity index (χ4n) is 1.87. The van der Waals surface area contributed by atoms with Crippen LogP contribution in [0.1, 0.15) is 32.8 Å². The van der Waals surface area contributed by atoms with Crippen molar-refractivity contribution in [3.8, 4) is 0 Å². The van der Waals surface area contributed by atoms with Crippen LogP contribution in [0.5, 0.6) is 0 Å². The number of benzene rings is 1. The van der Waals surface area contributed by atoms with E-state index < -0.39 is 0 Å². The van der Waals surface area contributed by atoms with Gasteiger partial charge in [-0.25, -0.2) is 4.39 Å². The van der Waals surface area contributed by atoms with Crippen molar-refractivity contribution in [2.45, 2.75) is 33.6 Å². The van der Waals surface area contributed by atoms with Crippen molar-refractivity contribution >= 4 is 11.6 Å². The molecule has 3 heteroatoms. The van der Waals surface area contributed by atoms with E-state index in [1.165, 1.54) is 12.1 Å². The van der Waals surface area contributed by atoms with Gasteiger partial charge in [-0.05, 0) is 49.0 Å². The highest BCUT2D eigenvalue weighted by atomic mass is 35.5. The fraction of sp³-hybridized carbons (Fsp3) is 0.571. The van der Waals surface area contributed by atoms with Crippen LogP contribution in [-0.2, 0) is 6.42 Å². The summed E-state index contributed by atoms with van der Waals surface area (Å²) in [6, 6.07) is 4.64. The molecule has 0 aromatic heterocycles. The minimum Gasteiger partial charge on any atom is -0.317 e. The molecule has 0 fully saturated rings. The second kappa shape index (κ2) is 6.36. The van der Waals surface area contributed by atoms with Crippen LogP contribution < -0.4 is 5.32 Å². The molecule has 1 rings (SSSR count). The molecule has 0 radical (unpaired) electrons. The smallest absolute Gasteiger partial charge is 0.124 e. The third kappa shape index (κ3) is 5.05. The van der Waals surface area contributed by atoms with Crippen molar-refractivity contribution in [3.63, 3.8) is 0 Å². The predicted octanol–water partition coefficient (Wildman–Crippen LogP) is 4.05. The molecular weight excluding hydrogens is 237 g/mol. The lowest BCUT2D eigenvalue weighted by molar-refractivity contribution is 0.327. The van der Waals surface area contributed by atoms with E-state index in [4.69, 9.17) is 11.6 Å². The van der Waals surface area contributed by atoms with Crippen LogP contribution in [0, 0.1) is 11.2 Å². The monoisotopic (exact) mass is 257 g/mol. The standard InChI is InChI=1S/C14H21ClFN/c1-4-17-8-7-14(2,3)10-11-5-6-12(16)9-13(11)15/h5-6,9,17H,4,7-8,10H2,1-3H3. The molecule has 0 spiro atoms. The van der Waals surface area contributed by atoms with Gasteiger partial charge < -0.3 is 5.32 Å². The van der Waals surface area contributed by atoms with E-state index in [0.29, 0.717) is 5.02 Å². The Morgan fingerprint density at radius 3 is 2.65 bits per heavy atom. The van der Waals surface area contributed by atoms with Gasteiger partial charge in [-0.3, -0.25) is 0 Å². The minimum absolute atomic E-state index is 0.170. The Kier molecular flexibility index (Phi) is 5.41. The number of nitrogens with one attached hydrogen (secondary N) is 1. The highest BCUT2D eigenvalue weighted by molar-refractivity contribution is 6.31. The first-order valence-electron chi connectivity index (χ1n) is 6.09. The van der Waals surface area contributed by atoms with Gasteiger partial charge in [0.1, 0.15) is 5.82 Å². The Labute approximate surface area is 108 Å². The Morgan fingerprint density at radius 1 is 1.35 bits per heavy atom. The van der Waals surface area contributed by atoms with Crippen molar-refractivity contribution in [2.75, 3.05) is 13.1 Å². The summed E-state index contributed by atoms with van der Waals surface area (Å²) in [5.74, 6) is -0.274. The van der Waals surface area contributed by atoms with Gasteiger partial charge in [-0.15, -0.1) is 0 Å². The van der Waals surface area contributed by atoms with Crippen LogP contribution >= 0.6 is 11.6 Å². The molecule has 0 unspecified atom stereocenters. The van der Waals surface area contributed by atoms with Crippen LogP contribution in [0.4, 0.5) is 4.39 Å². The number of hydrogen-bond donors (Lipinski definition) is 1. The van der Waals surface area contributed by atoms with E-state index in [9.17, 15) is 4.39 Å². The third-order valence-electron chi connectivity index (χ3n) is 2.91. The molecule has 0 aliphatic rings. The number of halogens is 2. The zero-order valence-electron chi connectivity index (χ0n) is 10.8. The summed E-state index contributed by atoms with van der Waals surface area (Å²) >= 11 is 6.04. The molecule has 0 saturated heterocycles. The highest BCUT2D eigenvalue weighted by Crippen LogP contribution is 2.29. The van der Waals surface area contributed by atoms with E-state index in [1.54, 1.807) is 6.07 Å². The van der Waals surface area contributed by atoms with Crippen LogP contribution in [0.2, 0.25) is 5.02 Å². The van der Waals surface area contributed by atoms with Crippen molar-refractivity contribution in [1.82, 2.24) is 5.32 Å². The van der Waals surface area contributed by atoms with Crippen molar-refractivity contribution in [2.24, 2.45) is 5.41 Å². The Balaban J connectivity index is 2.62. The molecule has 1 nitrogen and oxygen atoms in total. The third-order valence-corrected chi connectivity index (χ3v) is 3.26. The molecule has 0 saturated carbocycles. The van der Waals surface area contributed by atoms with Gasteiger partial charge in [0.25, 0.3) is 0 Å². The second-order valence-corrected chi connectivity index (χ2v) is 5.59. The molecule has 0 aliphatic heterocycles. The largest absolute Gasteiger partial charge is 0.317 e. The quantitative estimate of drug-likeness (QED) is 0.759. The maximum Gasteiger partial charge on any atom is 0.124 e. The van der Waals surface area contributed by atoms with Crippen LogP contribution in [0.15, 0.2) is 18.2 Å². The summed E-state index contributed by atoms with van der Waals surface area (Å²) in [4.78, 5) is 0. The number of rotatable bonds is 6. The maximum absolute atomic E-state index is 12.9. The van der Waals surface area contributed by atoms with Gasteiger partial charge in [0.2, 0.25) is 0 Å². The first kappa shape index (κ1) is 14.5. The summed E-state index contributed by atoms with van der Waals surface area (Å²) in [7, 11) is 0. The van der Waals surface area contributed by atoms with E-state index in [0.717, 1.165) is 31.5 Å².